The van der Waals surface area contributed by atoms with Gasteiger partial charge in [-0.25, -0.2) is 4.39 Å². The van der Waals surface area contributed by atoms with E-state index in [0.29, 0.717) is 11.3 Å². The second-order valence-corrected chi connectivity index (χ2v) is 3.79. The quantitative estimate of drug-likeness (QED) is 0.750. The maximum absolute atomic E-state index is 12.9. The fraction of sp³-hybridized carbons (Fsp3) is 0. The third-order valence-electron chi connectivity index (χ3n) is 2.63. The van der Waals surface area contributed by atoms with Gasteiger partial charge in [-0.3, -0.25) is 0 Å². The summed E-state index contributed by atoms with van der Waals surface area (Å²) in [6.07, 6.45) is 3.06. The van der Waals surface area contributed by atoms with Gasteiger partial charge in [-0.15, -0.1) is 0 Å². The van der Waals surface area contributed by atoms with Crippen molar-refractivity contribution in [3.05, 3.63) is 48.7 Å². The molecule has 0 saturated carbocycles. The number of benzene rings is 1. The van der Waals surface area contributed by atoms with Crippen molar-refractivity contribution in [3.8, 4) is 22.5 Å². The molecule has 90 valence electrons. The van der Waals surface area contributed by atoms with Gasteiger partial charge < -0.3 is 14.7 Å². The van der Waals surface area contributed by atoms with E-state index in [1.54, 1.807) is 18.2 Å². The number of halogens is 1. The molecule has 1 aromatic carbocycles. The maximum atomic E-state index is 12.9. The van der Waals surface area contributed by atoms with Gasteiger partial charge in [0.1, 0.15) is 12.1 Å². The molecule has 2 aromatic heterocycles. The number of hydrogen-bond donors (Lipinski definition) is 1. The average Bonchev–Trinajstić information content (AvgIpc) is 2.99. The monoisotopic (exact) mass is 244 g/mol. The number of nitrogens with two attached hydrogens (primary N) is 1. The minimum Gasteiger partial charge on any atom is -0.472 e. The van der Waals surface area contributed by atoms with Crippen LogP contribution < -0.4 is 5.73 Å². The number of furan rings is 1. The minimum atomic E-state index is -0.307. The third-order valence-corrected chi connectivity index (χ3v) is 2.63. The highest BCUT2D eigenvalue weighted by Crippen LogP contribution is 2.36. The summed E-state index contributed by atoms with van der Waals surface area (Å²) < 4.78 is 23.1. The van der Waals surface area contributed by atoms with E-state index in [-0.39, 0.29) is 11.6 Å². The molecule has 2 N–H and O–H groups in total. The lowest BCUT2D eigenvalue weighted by Gasteiger charge is -2.00. The van der Waals surface area contributed by atoms with E-state index in [1.165, 1.54) is 24.7 Å². The van der Waals surface area contributed by atoms with E-state index in [9.17, 15) is 4.39 Å². The van der Waals surface area contributed by atoms with Crippen LogP contribution in [0, 0.1) is 5.82 Å². The zero-order valence-corrected chi connectivity index (χ0v) is 9.26. The van der Waals surface area contributed by atoms with Crippen molar-refractivity contribution in [1.29, 1.82) is 0 Å². The first-order valence-electron chi connectivity index (χ1n) is 5.29. The predicted molar refractivity (Wildman–Crippen MR) is 64.0 cm³/mol. The lowest BCUT2D eigenvalue weighted by molar-refractivity contribution is 0.435. The molecule has 5 heteroatoms. The van der Waals surface area contributed by atoms with Crippen LogP contribution in [0.4, 0.5) is 10.2 Å². The van der Waals surface area contributed by atoms with Crippen molar-refractivity contribution in [2.75, 3.05) is 5.73 Å². The van der Waals surface area contributed by atoms with Gasteiger partial charge in [0.2, 0.25) is 0 Å². The van der Waals surface area contributed by atoms with Gasteiger partial charge in [-0.1, -0.05) is 17.3 Å². The van der Waals surface area contributed by atoms with E-state index in [0.717, 1.165) is 11.1 Å². The molecule has 0 radical (unpaired) electrons. The SMILES string of the molecule is Nc1noc(-c2ccoc2)c1-c1ccc(F)cc1. The summed E-state index contributed by atoms with van der Waals surface area (Å²) in [5, 5.41) is 3.74. The Morgan fingerprint density at radius 1 is 1.06 bits per heavy atom. The maximum Gasteiger partial charge on any atom is 0.180 e. The Hall–Kier alpha value is -2.56. The Morgan fingerprint density at radius 2 is 1.83 bits per heavy atom. The smallest absolute Gasteiger partial charge is 0.180 e. The first-order valence-corrected chi connectivity index (χ1v) is 5.29. The van der Waals surface area contributed by atoms with Crippen molar-refractivity contribution in [1.82, 2.24) is 5.16 Å². The molecule has 0 fully saturated rings. The number of anilines is 1. The highest BCUT2D eigenvalue weighted by atomic mass is 19.1. The molecule has 4 nitrogen and oxygen atoms in total. The number of rotatable bonds is 2. The Balaban J connectivity index is 2.17. The first-order chi connectivity index (χ1) is 8.75. The van der Waals surface area contributed by atoms with Crippen LogP contribution >= 0.6 is 0 Å². The van der Waals surface area contributed by atoms with Crippen LogP contribution in [0.15, 0.2) is 51.8 Å². The van der Waals surface area contributed by atoms with E-state index < -0.39 is 0 Å². The van der Waals surface area contributed by atoms with Crippen LogP contribution in [0.1, 0.15) is 0 Å². The lowest BCUT2D eigenvalue weighted by atomic mass is 10.0. The van der Waals surface area contributed by atoms with Crippen molar-refractivity contribution in [3.63, 3.8) is 0 Å². The summed E-state index contributed by atoms with van der Waals surface area (Å²) in [6, 6.07) is 7.72. The third kappa shape index (κ3) is 1.66. The molecule has 3 rings (SSSR count). The van der Waals surface area contributed by atoms with Crippen molar-refractivity contribution < 1.29 is 13.3 Å². The zero-order valence-electron chi connectivity index (χ0n) is 9.26. The second-order valence-electron chi connectivity index (χ2n) is 3.79. The number of nitrogens with zero attached hydrogens (tertiary/aromatic N) is 1. The molecular formula is C13H9FN2O2. The Morgan fingerprint density at radius 3 is 2.50 bits per heavy atom. The normalized spacial score (nSPS) is 10.7. The summed E-state index contributed by atoms with van der Waals surface area (Å²) in [4.78, 5) is 0. The molecule has 0 saturated heterocycles. The second kappa shape index (κ2) is 4.03. The van der Waals surface area contributed by atoms with Crippen LogP contribution in [0.2, 0.25) is 0 Å². The molecular weight excluding hydrogens is 235 g/mol. The van der Waals surface area contributed by atoms with E-state index >= 15 is 0 Å². The lowest BCUT2D eigenvalue weighted by Crippen LogP contribution is -1.88. The predicted octanol–water partition coefficient (Wildman–Crippen LogP) is 3.32. The van der Waals surface area contributed by atoms with Crippen LogP contribution in [-0.4, -0.2) is 5.16 Å². The van der Waals surface area contributed by atoms with Gasteiger partial charge in [-0.05, 0) is 23.8 Å². The number of hydrogen-bond acceptors (Lipinski definition) is 4. The van der Waals surface area contributed by atoms with Crippen LogP contribution in [0.3, 0.4) is 0 Å². The molecule has 2 heterocycles. The zero-order chi connectivity index (χ0) is 12.5. The molecule has 0 aliphatic rings. The molecule has 0 unspecified atom stereocenters. The summed E-state index contributed by atoms with van der Waals surface area (Å²) in [6.45, 7) is 0. The first kappa shape index (κ1) is 10.6. The van der Waals surface area contributed by atoms with Crippen LogP contribution in [-0.2, 0) is 0 Å². The van der Waals surface area contributed by atoms with Gasteiger partial charge in [0.15, 0.2) is 11.6 Å². The molecule has 0 bridgehead atoms. The number of nitrogen functional groups attached to an aromatic ring is 1. The fourth-order valence-corrected chi connectivity index (χ4v) is 1.79. The van der Waals surface area contributed by atoms with E-state index in [2.05, 4.69) is 5.16 Å². The largest absolute Gasteiger partial charge is 0.472 e. The van der Waals surface area contributed by atoms with Crippen molar-refractivity contribution in [2.24, 2.45) is 0 Å². The Kier molecular flexibility index (Phi) is 2.37. The standard InChI is InChI=1S/C13H9FN2O2/c14-10-3-1-8(2-4-10)11-12(18-16-13(11)15)9-5-6-17-7-9/h1-7H,(H2,15,16). The van der Waals surface area contributed by atoms with Gasteiger partial charge in [0.05, 0.1) is 17.4 Å². The Labute approximate surface area is 102 Å². The van der Waals surface area contributed by atoms with Gasteiger partial charge >= 0.3 is 0 Å². The highest BCUT2D eigenvalue weighted by molar-refractivity contribution is 5.86. The molecule has 0 spiro atoms. The van der Waals surface area contributed by atoms with Crippen molar-refractivity contribution in [2.45, 2.75) is 0 Å². The van der Waals surface area contributed by atoms with Gasteiger partial charge in [-0.2, -0.15) is 0 Å². The van der Waals surface area contributed by atoms with Gasteiger partial charge in [0, 0.05) is 0 Å². The topological polar surface area (TPSA) is 65.2 Å². The molecule has 0 atom stereocenters. The average molecular weight is 244 g/mol. The molecule has 0 aliphatic carbocycles. The van der Waals surface area contributed by atoms with Crippen LogP contribution in [0.5, 0.6) is 0 Å². The summed E-state index contributed by atoms with van der Waals surface area (Å²) >= 11 is 0. The molecule has 0 aliphatic heterocycles. The van der Waals surface area contributed by atoms with E-state index in [4.69, 9.17) is 14.7 Å². The minimum absolute atomic E-state index is 0.262. The summed E-state index contributed by atoms with van der Waals surface area (Å²) in [5.41, 5.74) is 7.90. The van der Waals surface area contributed by atoms with Crippen LogP contribution in [0.25, 0.3) is 22.5 Å². The van der Waals surface area contributed by atoms with E-state index in [1.807, 2.05) is 0 Å². The summed E-state index contributed by atoms with van der Waals surface area (Å²) in [5.74, 6) is 0.462. The Bertz CT molecular complexity index is 657. The van der Waals surface area contributed by atoms with Gasteiger partial charge in [0.25, 0.3) is 0 Å². The fourth-order valence-electron chi connectivity index (χ4n) is 1.79. The molecule has 3 aromatic rings. The summed E-state index contributed by atoms with van der Waals surface area (Å²) in [7, 11) is 0. The van der Waals surface area contributed by atoms with Crippen molar-refractivity contribution >= 4 is 5.82 Å². The highest BCUT2D eigenvalue weighted by Gasteiger charge is 2.18. The molecule has 18 heavy (non-hydrogen) atoms. The number of aromatic nitrogens is 1. The molecule has 0 amide bonds.